The zero-order valence-electron chi connectivity index (χ0n) is 12.2. The van der Waals surface area contributed by atoms with Crippen LogP contribution in [0.5, 0.6) is 0 Å². The van der Waals surface area contributed by atoms with E-state index in [1.54, 1.807) is 0 Å². The molecular formula is C16H22N2O2. The first-order valence-corrected chi connectivity index (χ1v) is 7.51. The largest absolute Gasteiger partial charge is 0.424 e. The smallest absolute Gasteiger partial charge is 0.295 e. The molecule has 0 radical (unpaired) electrons. The van der Waals surface area contributed by atoms with Gasteiger partial charge in [-0.15, -0.1) is 0 Å². The van der Waals surface area contributed by atoms with Crippen molar-refractivity contribution in [3.05, 3.63) is 24.3 Å². The summed E-state index contributed by atoms with van der Waals surface area (Å²) in [5, 5.41) is 3.44. The van der Waals surface area contributed by atoms with Gasteiger partial charge in [-0.1, -0.05) is 26.0 Å². The first-order valence-electron chi connectivity index (χ1n) is 7.51. The standard InChI is InChI=1S/C16H22N2O2/c1-3-16(4-2)11-12(9-10-19-16)17-15-18-13-7-5-6-8-14(13)20-15/h5-8,12H,3-4,9-11H2,1-2H3,(H,17,18). The van der Waals surface area contributed by atoms with Crippen molar-refractivity contribution < 1.29 is 9.15 Å². The molecule has 2 heterocycles. The number of oxazole rings is 1. The van der Waals surface area contributed by atoms with Crippen LogP contribution in [0.2, 0.25) is 0 Å². The highest BCUT2D eigenvalue weighted by molar-refractivity contribution is 5.74. The van der Waals surface area contributed by atoms with Crippen LogP contribution >= 0.6 is 0 Å². The predicted octanol–water partition coefficient (Wildman–Crippen LogP) is 3.98. The van der Waals surface area contributed by atoms with E-state index in [4.69, 9.17) is 9.15 Å². The van der Waals surface area contributed by atoms with Crippen molar-refractivity contribution in [1.29, 1.82) is 0 Å². The molecule has 1 N–H and O–H groups in total. The maximum Gasteiger partial charge on any atom is 0.295 e. The third-order valence-electron chi connectivity index (χ3n) is 4.40. The number of benzene rings is 1. The van der Waals surface area contributed by atoms with Gasteiger partial charge in [0.15, 0.2) is 5.58 Å². The number of rotatable bonds is 4. The van der Waals surface area contributed by atoms with Crippen molar-refractivity contribution in [2.75, 3.05) is 11.9 Å². The molecule has 0 amide bonds. The lowest BCUT2D eigenvalue weighted by atomic mass is 9.86. The maximum absolute atomic E-state index is 6.00. The minimum absolute atomic E-state index is 0.0158. The van der Waals surface area contributed by atoms with Gasteiger partial charge in [-0.3, -0.25) is 0 Å². The Balaban J connectivity index is 1.73. The second kappa shape index (κ2) is 5.44. The van der Waals surface area contributed by atoms with E-state index in [0.29, 0.717) is 12.1 Å². The Labute approximate surface area is 119 Å². The Bertz CT molecular complexity index is 542. The Morgan fingerprint density at radius 2 is 2.10 bits per heavy atom. The van der Waals surface area contributed by atoms with Crippen LogP contribution in [0.25, 0.3) is 11.1 Å². The number of nitrogens with one attached hydrogen (secondary N) is 1. The van der Waals surface area contributed by atoms with Crippen LogP contribution in [0, 0.1) is 0 Å². The highest BCUT2D eigenvalue weighted by Crippen LogP contribution is 2.33. The van der Waals surface area contributed by atoms with Crippen molar-refractivity contribution in [2.45, 2.75) is 51.2 Å². The number of nitrogens with zero attached hydrogens (tertiary/aromatic N) is 1. The van der Waals surface area contributed by atoms with Gasteiger partial charge in [0, 0.05) is 12.6 Å². The fourth-order valence-corrected chi connectivity index (χ4v) is 3.00. The number of para-hydroxylation sites is 2. The molecule has 1 aromatic heterocycles. The Morgan fingerprint density at radius 1 is 1.30 bits per heavy atom. The summed E-state index contributed by atoms with van der Waals surface area (Å²) in [7, 11) is 0. The molecule has 1 saturated heterocycles. The molecule has 4 heteroatoms. The number of fused-ring (bicyclic) bond motifs is 1. The molecule has 2 aromatic rings. The summed E-state index contributed by atoms with van der Waals surface area (Å²) in [6.45, 7) is 5.20. The number of hydrogen-bond donors (Lipinski definition) is 1. The zero-order chi connectivity index (χ0) is 14.0. The number of anilines is 1. The molecule has 4 nitrogen and oxygen atoms in total. The molecule has 0 aliphatic carbocycles. The lowest BCUT2D eigenvalue weighted by molar-refractivity contribution is -0.0866. The molecule has 1 aliphatic rings. The molecule has 1 atom stereocenters. The van der Waals surface area contributed by atoms with Gasteiger partial charge >= 0.3 is 0 Å². The van der Waals surface area contributed by atoms with E-state index in [1.807, 2.05) is 24.3 Å². The Hall–Kier alpha value is -1.55. The summed E-state index contributed by atoms with van der Waals surface area (Å²) >= 11 is 0. The van der Waals surface area contributed by atoms with E-state index in [9.17, 15) is 0 Å². The minimum atomic E-state index is 0.0158. The fourth-order valence-electron chi connectivity index (χ4n) is 3.00. The molecule has 1 aromatic carbocycles. The molecule has 0 saturated carbocycles. The van der Waals surface area contributed by atoms with Crippen molar-refractivity contribution in [1.82, 2.24) is 4.98 Å². The van der Waals surface area contributed by atoms with Crippen molar-refractivity contribution in [3.63, 3.8) is 0 Å². The van der Waals surface area contributed by atoms with Crippen molar-refractivity contribution in [3.8, 4) is 0 Å². The van der Waals surface area contributed by atoms with Crippen LogP contribution in [-0.2, 0) is 4.74 Å². The Kier molecular flexibility index (Phi) is 3.66. The van der Waals surface area contributed by atoms with Gasteiger partial charge in [0.1, 0.15) is 5.52 Å². The van der Waals surface area contributed by atoms with Crippen LogP contribution in [0.1, 0.15) is 39.5 Å². The summed E-state index contributed by atoms with van der Waals surface area (Å²) in [4.78, 5) is 4.49. The van der Waals surface area contributed by atoms with Gasteiger partial charge in [0.05, 0.1) is 5.60 Å². The van der Waals surface area contributed by atoms with E-state index in [-0.39, 0.29) is 5.60 Å². The Morgan fingerprint density at radius 3 is 2.85 bits per heavy atom. The third-order valence-corrected chi connectivity index (χ3v) is 4.40. The topological polar surface area (TPSA) is 47.3 Å². The monoisotopic (exact) mass is 274 g/mol. The molecular weight excluding hydrogens is 252 g/mol. The summed E-state index contributed by atoms with van der Waals surface area (Å²) in [6, 6.07) is 8.85. The van der Waals surface area contributed by atoms with Gasteiger partial charge in [-0.05, 0) is 37.8 Å². The minimum Gasteiger partial charge on any atom is -0.424 e. The summed E-state index contributed by atoms with van der Waals surface area (Å²) in [5.74, 6) is 0. The van der Waals surface area contributed by atoms with Gasteiger partial charge in [-0.25, -0.2) is 0 Å². The van der Waals surface area contributed by atoms with E-state index >= 15 is 0 Å². The highest BCUT2D eigenvalue weighted by Gasteiger charge is 2.34. The second-order valence-electron chi connectivity index (χ2n) is 5.56. The molecule has 20 heavy (non-hydrogen) atoms. The summed E-state index contributed by atoms with van der Waals surface area (Å²) in [6.07, 6.45) is 4.11. The average molecular weight is 274 g/mol. The molecule has 1 unspecified atom stereocenters. The van der Waals surface area contributed by atoms with Crippen molar-refractivity contribution >= 4 is 17.1 Å². The summed E-state index contributed by atoms with van der Waals surface area (Å²) in [5.41, 5.74) is 1.75. The second-order valence-corrected chi connectivity index (χ2v) is 5.56. The maximum atomic E-state index is 6.00. The molecule has 0 bridgehead atoms. The number of hydrogen-bond acceptors (Lipinski definition) is 4. The van der Waals surface area contributed by atoms with Gasteiger partial charge in [0.25, 0.3) is 6.01 Å². The van der Waals surface area contributed by atoms with Crippen LogP contribution in [0.4, 0.5) is 6.01 Å². The predicted molar refractivity (Wildman–Crippen MR) is 79.9 cm³/mol. The van der Waals surface area contributed by atoms with Gasteiger partial charge in [-0.2, -0.15) is 4.98 Å². The van der Waals surface area contributed by atoms with E-state index in [1.165, 1.54) is 0 Å². The lowest BCUT2D eigenvalue weighted by Gasteiger charge is -2.40. The first kappa shape index (κ1) is 13.4. The number of ether oxygens (including phenoxy) is 1. The fraction of sp³-hybridized carbons (Fsp3) is 0.562. The number of aromatic nitrogens is 1. The summed E-state index contributed by atoms with van der Waals surface area (Å²) < 4.78 is 11.7. The highest BCUT2D eigenvalue weighted by atomic mass is 16.5. The van der Waals surface area contributed by atoms with Crippen molar-refractivity contribution in [2.24, 2.45) is 0 Å². The molecule has 0 spiro atoms. The zero-order valence-corrected chi connectivity index (χ0v) is 12.2. The SMILES string of the molecule is CCC1(CC)CC(Nc2nc3ccccc3o2)CCO1. The van der Waals surface area contributed by atoms with E-state index < -0.39 is 0 Å². The molecule has 3 rings (SSSR count). The first-order chi connectivity index (χ1) is 9.74. The van der Waals surface area contributed by atoms with Crippen LogP contribution < -0.4 is 5.32 Å². The van der Waals surface area contributed by atoms with Crippen LogP contribution in [0.15, 0.2) is 28.7 Å². The third kappa shape index (κ3) is 2.52. The van der Waals surface area contributed by atoms with Crippen LogP contribution in [0.3, 0.4) is 0 Å². The molecule has 108 valence electrons. The molecule has 1 fully saturated rings. The van der Waals surface area contributed by atoms with E-state index in [0.717, 1.165) is 43.4 Å². The lowest BCUT2D eigenvalue weighted by Crippen LogP contribution is -2.43. The quantitative estimate of drug-likeness (QED) is 0.916. The van der Waals surface area contributed by atoms with Gasteiger partial charge in [0.2, 0.25) is 0 Å². The average Bonchev–Trinajstić information content (AvgIpc) is 2.89. The molecule has 1 aliphatic heterocycles. The van der Waals surface area contributed by atoms with Crippen LogP contribution in [-0.4, -0.2) is 23.2 Å². The van der Waals surface area contributed by atoms with Gasteiger partial charge < -0.3 is 14.5 Å². The van der Waals surface area contributed by atoms with E-state index in [2.05, 4.69) is 24.1 Å². The normalized spacial score (nSPS) is 22.0.